The molecule has 0 fully saturated rings. The van der Waals surface area contributed by atoms with Crippen LogP contribution < -0.4 is 10.0 Å². The van der Waals surface area contributed by atoms with Gasteiger partial charge in [0.15, 0.2) is 5.13 Å². The van der Waals surface area contributed by atoms with E-state index in [0.29, 0.717) is 11.6 Å². The number of aryl methyl sites for hydroxylation is 1. The summed E-state index contributed by atoms with van der Waals surface area (Å²) in [4.78, 5) is 4.96. The van der Waals surface area contributed by atoms with Crippen LogP contribution in [0.5, 0.6) is 0 Å². The molecule has 0 radical (unpaired) electrons. The highest BCUT2D eigenvalue weighted by Gasteiger charge is 2.11. The van der Waals surface area contributed by atoms with Crippen molar-refractivity contribution in [2.45, 2.75) is 26.7 Å². The standard InChI is InChI=1S/C10H19N3O2S2/c1-3-5-11-6-4-7-17(14,15)13-10-12-8-9(2)16-10/h8,11H,3-7H2,1-2H3,(H,12,13). The van der Waals surface area contributed by atoms with Crippen LogP contribution in [-0.2, 0) is 10.0 Å². The Hall–Kier alpha value is -0.660. The molecule has 0 unspecified atom stereocenters. The Morgan fingerprint density at radius 1 is 1.41 bits per heavy atom. The summed E-state index contributed by atoms with van der Waals surface area (Å²) in [5, 5.41) is 3.62. The van der Waals surface area contributed by atoms with Gasteiger partial charge in [-0.1, -0.05) is 6.92 Å². The maximum Gasteiger partial charge on any atom is 0.234 e. The maximum absolute atomic E-state index is 11.7. The number of anilines is 1. The number of rotatable bonds is 8. The van der Waals surface area contributed by atoms with Crippen molar-refractivity contribution in [2.75, 3.05) is 23.6 Å². The average Bonchev–Trinajstić information content (AvgIpc) is 2.62. The molecule has 17 heavy (non-hydrogen) atoms. The molecule has 0 spiro atoms. The zero-order valence-corrected chi connectivity index (χ0v) is 11.8. The summed E-state index contributed by atoms with van der Waals surface area (Å²) in [7, 11) is -3.25. The molecule has 1 aromatic heterocycles. The third kappa shape index (κ3) is 5.99. The average molecular weight is 277 g/mol. The minimum absolute atomic E-state index is 0.127. The largest absolute Gasteiger partial charge is 0.317 e. The van der Waals surface area contributed by atoms with Crippen LogP contribution in [0.1, 0.15) is 24.6 Å². The summed E-state index contributed by atoms with van der Waals surface area (Å²) < 4.78 is 25.8. The number of thiazole rings is 1. The van der Waals surface area contributed by atoms with E-state index in [9.17, 15) is 8.42 Å². The van der Waals surface area contributed by atoms with Crippen molar-refractivity contribution in [1.82, 2.24) is 10.3 Å². The van der Waals surface area contributed by atoms with Crippen molar-refractivity contribution in [3.63, 3.8) is 0 Å². The van der Waals surface area contributed by atoms with Gasteiger partial charge in [-0.3, -0.25) is 4.72 Å². The first-order chi connectivity index (χ1) is 8.03. The Balaban J connectivity index is 2.31. The van der Waals surface area contributed by atoms with Gasteiger partial charge in [0.05, 0.1) is 5.75 Å². The van der Waals surface area contributed by atoms with E-state index in [1.165, 1.54) is 11.3 Å². The second-order valence-electron chi connectivity index (χ2n) is 3.80. The van der Waals surface area contributed by atoms with Crippen LogP contribution in [0.25, 0.3) is 0 Å². The van der Waals surface area contributed by atoms with Gasteiger partial charge in [-0.25, -0.2) is 13.4 Å². The number of hydrogen-bond donors (Lipinski definition) is 2. The van der Waals surface area contributed by atoms with E-state index in [1.807, 2.05) is 6.92 Å². The van der Waals surface area contributed by atoms with Gasteiger partial charge >= 0.3 is 0 Å². The molecule has 2 N–H and O–H groups in total. The molecular formula is C10H19N3O2S2. The summed E-state index contributed by atoms with van der Waals surface area (Å²) in [6.07, 6.45) is 3.33. The third-order valence-corrected chi connectivity index (χ3v) is 4.35. The first-order valence-corrected chi connectivity index (χ1v) is 8.14. The molecule has 1 aromatic rings. The lowest BCUT2D eigenvalue weighted by atomic mass is 10.4. The van der Waals surface area contributed by atoms with Crippen molar-refractivity contribution in [2.24, 2.45) is 0 Å². The first-order valence-electron chi connectivity index (χ1n) is 5.67. The Kier molecular flexibility index (Phi) is 5.87. The highest BCUT2D eigenvalue weighted by molar-refractivity contribution is 7.92. The zero-order valence-electron chi connectivity index (χ0n) is 10.2. The van der Waals surface area contributed by atoms with E-state index in [2.05, 4.69) is 21.9 Å². The number of aromatic nitrogens is 1. The molecule has 5 nitrogen and oxygen atoms in total. The zero-order chi connectivity index (χ0) is 12.7. The molecule has 0 saturated carbocycles. The monoisotopic (exact) mass is 277 g/mol. The molecule has 1 rings (SSSR count). The van der Waals surface area contributed by atoms with Crippen LogP contribution in [0.3, 0.4) is 0 Å². The van der Waals surface area contributed by atoms with Crippen LogP contribution in [0, 0.1) is 6.92 Å². The summed E-state index contributed by atoms with van der Waals surface area (Å²) in [6.45, 7) is 5.63. The van der Waals surface area contributed by atoms with E-state index in [1.54, 1.807) is 6.20 Å². The van der Waals surface area contributed by atoms with Gasteiger partial charge < -0.3 is 5.32 Å². The van der Waals surface area contributed by atoms with Crippen LogP contribution in [-0.4, -0.2) is 32.2 Å². The second kappa shape index (κ2) is 6.93. The van der Waals surface area contributed by atoms with Crippen LogP contribution in [0.2, 0.25) is 0 Å². The second-order valence-corrected chi connectivity index (χ2v) is 6.88. The van der Waals surface area contributed by atoms with Crippen LogP contribution >= 0.6 is 11.3 Å². The number of nitrogens with one attached hydrogen (secondary N) is 2. The molecule has 0 aromatic carbocycles. The molecule has 0 aliphatic rings. The Bertz CT molecular complexity index is 429. The fourth-order valence-corrected chi connectivity index (χ4v) is 3.28. The molecular weight excluding hydrogens is 258 g/mol. The lowest BCUT2D eigenvalue weighted by molar-refractivity contribution is 0.593. The van der Waals surface area contributed by atoms with E-state index < -0.39 is 10.0 Å². The van der Waals surface area contributed by atoms with Crippen molar-refractivity contribution in [1.29, 1.82) is 0 Å². The molecule has 7 heteroatoms. The van der Waals surface area contributed by atoms with Gasteiger partial charge in [-0.05, 0) is 32.9 Å². The molecule has 0 aliphatic heterocycles. The molecule has 98 valence electrons. The summed E-state index contributed by atoms with van der Waals surface area (Å²) in [6, 6.07) is 0. The Morgan fingerprint density at radius 3 is 2.76 bits per heavy atom. The van der Waals surface area contributed by atoms with E-state index in [0.717, 1.165) is 24.4 Å². The molecule has 0 bridgehead atoms. The fourth-order valence-electron chi connectivity index (χ4n) is 1.27. The Labute approximate surface area is 107 Å². The van der Waals surface area contributed by atoms with E-state index in [-0.39, 0.29) is 5.75 Å². The van der Waals surface area contributed by atoms with Crippen LogP contribution in [0.4, 0.5) is 5.13 Å². The third-order valence-electron chi connectivity index (χ3n) is 2.06. The lowest BCUT2D eigenvalue weighted by Crippen LogP contribution is -2.22. The van der Waals surface area contributed by atoms with Gasteiger partial charge in [0, 0.05) is 11.1 Å². The van der Waals surface area contributed by atoms with Crippen molar-refractivity contribution in [3.05, 3.63) is 11.1 Å². The highest BCUT2D eigenvalue weighted by atomic mass is 32.2. The maximum atomic E-state index is 11.7. The predicted molar refractivity (Wildman–Crippen MR) is 72.0 cm³/mol. The smallest absolute Gasteiger partial charge is 0.234 e. The SMILES string of the molecule is CCCNCCCS(=O)(=O)Nc1ncc(C)s1. The normalized spacial score (nSPS) is 11.6. The molecule has 0 saturated heterocycles. The molecule has 0 aliphatic carbocycles. The fraction of sp³-hybridized carbons (Fsp3) is 0.700. The topological polar surface area (TPSA) is 71.1 Å². The van der Waals surface area contributed by atoms with E-state index >= 15 is 0 Å². The van der Waals surface area contributed by atoms with Gasteiger partial charge in [-0.15, -0.1) is 11.3 Å². The quantitative estimate of drug-likeness (QED) is 0.708. The summed E-state index contributed by atoms with van der Waals surface area (Å²) in [5.41, 5.74) is 0. The van der Waals surface area contributed by atoms with Gasteiger partial charge in [0.25, 0.3) is 0 Å². The van der Waals surface area contributed by atoms with Crippen molar-refractivity contribution < 1.29 is 8.42 Å². The minimum Gasteiger partial charge on any atom is -0.317 e. The van der Waals surface area contributed by atoms with Gasteiger partial charge in [0.1, 0.15) is 0 Å². The number of nitrogens with zero attached hydrogens (tertiary/aromatic N) is 1. The summed E-state index contributed by atoms with van der Waals surface area (Å²) in [5.74, 6) is 0.127. The molecule has 0 atom stereocenters. The minimum atomic E-state index is -3.25. The van der Waals surface area contributed by atoms with Crippen molar-refractivity contribution in [3.8, 4) is 0 Å². The highest BCUT2D eigenvalue weighted by Crippen LogP contribution is 2.17. The first kappa shape index (κ1) is 14.4. The van der Waals surface area contributed by atoms with E-state index in [4.69, 9.17) is 0 Å². The molecule has 1 heterocycles. The number of hydrogen-bond acceptors (Lipinski definition) is 5. The van der Waals surface area contributed by atoms with Gasteiger partial charge in [0.2, 0.25) is 10.0 Å². The van der Waals surface area contributed by atoms with Gasteiger partial charge in [-0.2, -0.15) is 0 Å². The summed E-state index contributed by atoms with van der Waals surface area (Å²) >= 11 is 1.34. The lowest BCUT2D eigenvalue weighted by Gasteiger charge is -2.05. The Morgan fingerprint density at radius 2 is 2.18 bits per heavy atom. The number of sulfonamides is 1. The van der Waals surface area contributed by atoms with Crippen LogP contribution in [0.15, 0.2) is 6.20 Å². The molecule has 0 amide bonds. The predicted octanol–water partition coefficient (Wildman–Crippen LogP) is 1.58. The van der Waals surface area contributed by atoms with Crippen molar-refractivity contribution >= 4 is 26.5 Å².